The minimum atomic E-state index is -3.48. The molecular weight excluding hydrogens is 280 g/mol. The van der Waals surface area contributed by atoms with Crippen LogP contribution in [0.4, 0.5) is 5.82 Å². The molecule has 3 N–H and O–H groups in total. The Balaban J connectivity index is 2.70. The van der Waals surface area contributed by atoms with Crippen molar-refractivity contribution in [3.63, 3.8) is 0 Å². The summed E-state index contributed by atoms with van der Waals surface area (Å²) in [5, 5.41) is 7.75. The van der Waals surface area contributed by atoms with E-state index in [1.165, 1.54) is 0 Å². The zero-order chi connectivity index (χ0) is 13.8. The first-order valence-electron chi connectivity index (χ1n) is 5.07. The Kier molecular flexibility index (Phi) is 5.00. The zero-order valence-electron chi connectivity index (χ0n) is 9.68. The molecule has 0 unspecified atom stereocenters. The van der Waals surface area contributed by atoms with Crippen LogP contribution < -0.4 is 10.5 Å². The predicted octanol–water partition coefficient (Wildman–Crippen LogP) is 0.341. The van der Waals surface area contributed by atoms with Crippen LogP contribution >= 0.6 is 11.6 Å². The van der Waals surface area contributed by atoms with Crippen molar-refractivity contribution in [2.75, 3.05) is 17.6 Å². The van der Waals surface area contributed by atoms with Crippen LogP contribution in [0.5, 0.6) is 0 Å². The van der Waals surface area contributed by atoms with Gasteiger partial charge in [0.25, 0.3) is 0 Å². The Morgan fingerprint density at radius 3 is 2.67 bits per heavy atom. The molecule has 0 bridgehead atoms. The minimum absolute atomic E-state index is 0.0615. The summed E-state index contributed by atoms with van der Waals surface area (Å²) >= 11 is 5.78. The van der Waals surface area contributed by atoms with Gasteiger partial charge in [0.15, 0.2) is 6.29 Å². The maximum atomic E-state index is 10.8. The number of nitrogens with two attached hydrogens (primary N) is 1. The molecule has 0 fully saturated rings. The first-order chi connectivity index (χ1) is 8.33. The number of anilines is 1. The van der Waals surface area contributed by atoms with Gasteiger partial charge < -0.3 is 5.32 Å². The van der Waals surface area contributed by atoms with Gasteiger partial charge >= 0.3 is 0 Å². The third-order valence-electron chi connectivity index (χ3n) is 2.03. The van der Waals surface area contributed by atoms with Gasteiger partial charge in [-0.15, -0.1) is 0 Å². The Bertz CT molecular complexity index is 547. The van der Waals surface area contributed by atoms with Crippen LogP contribution in [-0.4, -0.2) is 37.0 Å². The smallest absolute Gasteiger partial charge is 0.209 e. The molecule has 7 nitrogen and oxygen atoms in total. The predicted molar refractivity (Wildman–Crippen MR) is 68.2 cm³/mol. The number of carbonyl (C=O) groups is 1. The fourth-order valence-corrected chi connectivity index (χ4v) is 2.07. The van der Waals surface area contributed by atoms with E-state index in [2.05, 4.69) is 15.3 Å². The summed E-state index contributed by atoms with van der Waals surface area (Å²) in [5.74, 6) is 0.560. The van der Waals surface area contributed by atoms with E-state index in [0.29, 0.717) is 25.1 Å². The number of hydrogen-bond donors (Lipinski definition) is 2. The van der Waals surface area contributed by atoms with Gasteiger partial charge in [0.2, 0.25) is 10.0 Å². The Hall–Kier alpha value is -1.25. The van der Waals surface area contributed by atoms with E-state index in [4.69, 9.17) is 16.7 Å². The lowest BCUT2D eigenvalue weighted by Gasteiger charge is -2.09. The van der Waals surface area contributed by atoms with Gasteiger partial charge in [-0.05, 0) is 13.3 Å². The molecule has 0 saturated carbocycles. The van der Waals surface area contributed by atoms with Crippen LogP contribution in [0.1, 0.15) is 22.6 Å². The monoisotopic (exact) mass is 292 g/mol. The number of sulfonamides is 1. The minimum Gasteiger partial charge on any atom is -0.369 e. The number of hydrogen-bond acceptors (Lipinski definition) is 6. The number of halogens is 1. The summed E-state index contributed by atoms with van der Waals surface area (Å²) in [5.41, 5.74) is 0.151. The molecule has 0 saturated heterocycles. The van der Waals surface area contributed by atoms with E-state index in [0.717, 1.165) is 0 Å². The van der Waals surface area contributed by atoms with Crippen molar-refractivity contribution in [1.29, 1.82) is 0 Å². The van der Waals surface area contributed by atoms with Crippen molar-refractivity contribution >= 4 is 33.7 Å². The van der Waals surface area contributed by atoms with E-state index < -0.39 is 10.0 Å². The summed E-state index contributed by atoms with van der Waals surface area (Å²) < 4.78 is 21.4. The second kappa shape index (κ2) is 6.07. The average molecular weight is 293 g/mol. The molecule has 1 aromatic rings. The highest BCUT2D eigenvalue weighted by molar-refractivity contribution is 7.89. The normalized spacial score (nSPS) is 11.3. The van der Waals surface area contributed by atoms with Crippen molar-refractivity contribution in [2.24, 2.45) is 5.14 Å². The maximum Gasteiger partial charge on any atom is 0.209 e. The average Bonchev–Trinajstić information content (AvgIpc) is 2.22. The summed E-state index contributed by atoms with van der Waals surface area (Å²) in [6.07, 6.45) is 0.849. The molecular formula is C9H13ClN4O3S. The van der Waals surface area contributed by atoms with Crippen molar-refractivity contribution in [1.82, 2.24) is 9.97 Å². The summed E-state index contributed by atoms with van der Waals surface area (Å²) in [6, 6.07) is 0. The fraction of sp³-hybridized carbons (Fsp3) is 0.444. The lowest BCUT2D eigenvalue weighted by atomic mass is 10.3. The number of aryl methyl sites for hydroxylation is 1. The third kappa shape index (κ3) is 4.55. The van der Waals surface area contributed by atoms with Crippen LogP contribution in [0.2, 0.25) is 5.15 Å². The molecule has 100 valence electrons. The van der Waals surface area contributed by atoms with Crippen LogP contribution in [0.15, 0.2) is 0 Å². The number of nitrogens with zero attached hydrogens (tertiary/aromatic N) is 2. The quantitative estimate of drug-likeness (QED) is 0.444. The second-order valence-electron chi connectivity index (χ2n) is 3.59. The highest BCUT2D eigenvalue weighted by Gasteiger charge is 2.10. The van der Waals surface area contributed by atoms with Crippen LogP contribution in [0.25, 0.3) is 0 Å². The van der Waals surface area contributed by atoms with Crippen molar-refractivity contribution < 1.29 is 13.2 Å². The Morgan fingerprint density at radius 1 is 1.44 bits per heavy atom. The van der Waals surface area contributed by atoms with Crippen LogP contribution in [-0.2, 0) is 10.0 Å². The van der Waals surface area contributed by atoms with Gasteiger partial charge in [0, 0.05) is 6.54 Å². The first kappa shape index (κ1) is 14.8. The second-order valence-corrected chi connectivity index (χ2v) is 5.68. The van der Waals surface area contributed by atoms with Gasteiger partial charge in [0.1, 0.15) is 16.8 Å². The summed E-state index contributed by atoms with van der Waals surface area (Å²) in [7, 11) is -3.48. The highest BCUT2D eigenvalue weighted by atomic mass is 35.5. The van der Waals surface area contributed by atoms with E-state index in [1.807, 2.05) is 0 Å². The topological polar surface area (TPSA) is 115 Å². The summed E-state index contributed by atoms with van der Waals surface area (Å²) in [4.78, 5) is 18.7. The van der Waals surface area contributed by atoms with Gasteiger partial charge in [-0.1, -0.05) is 11.6 Å². The standard InChI is InChI=1S/C9H13ClN4O3S/c1-6-13-8(10)7(5-15)9(14-6)12-3-2-4-18(11,16)17/h5H,2-4H2,1H3,(H2,11,16,17)(H,12,13,14). The Morgan fingerprint density at radius 2 is 2.11 bits per heavy atom. The molecule has 0 aliphatic rings. The van der Waals surface area contributed by atoms with Gasteiger partial charge in [-0.25, -0.2) is 23.5 Å². The molecule has 1 rings (SSSR count). The van der Waals surface area contributed by atoms with E-state index in [9.17, 15) is 13.2 Å². The molecule has 1 heterocycles. The molecule has 0 aliphatic heterocycles. The molecule has 0 radical (unpaired) electrons. The Labute approximate surface area is 110 Å². The number of aromatic nitrogens is 2. The first-order valence-corrected chi connectivity index (χ1v) is 7.16. The number of rotatable bonds is 6. The third-order valence-corrected chi connectivity index (χ3v) is 3.17. The molecule has 0 spiro atoms. The highest BCUT2D eigenvalue weighted by Crippen LogP contribution is 2.18. The van der Waals surface area contributed by atoms with E-state index in [1.54, 1.807) is 6.92 Å². The lowest BCUT2D eigenvalue weighted by molar-refractivity contribution is 0.112. The van der Waals surface area contributed by atoms with Crippen LogP contribution in [0.3, 0.4) is 0 Å². The molecule has 0 amide bonds. The number of carbonyl (C=O) groups excluding carboxylic acids is 1. The maximum absolute atomic E-state index is 10.8. The largest absolute Gasteiger partial charge is 0.369 e. The van der Waals surface area contributed by atoms with Gasteiger partial charge in [-0.3, -0.25) is 4.79 Å². The lowest BCUT2D eigenvalue weighted by Crippen LogP contribution is -2.19. The van der Waals surface area contributed by atoms with Crippen molar-refractivity contribution in [2.45, 2.75) is 13.3 Å². The number of nitrogens with one attached hydrogen (secondary N) is 1. The van der Waals surface area contributed by atoms with Crippen molar-refractivity contribution in [3.8, 4) is 0 Å². The zero-order valence-corrected chi connectivity index (χ0v) is 11.3. The molecule has 0 aromatic carbocycles. The van der Waals surface area contributed by atoms with Gasteiger partial charge in [0.05, 0.1) is 11.3 Å². The van der Waals surface area contributed by atoms with Crippen molar-refractivity contribution in [3.05, 3.63) is 16.5 Å². The summed E-state index contributed by atoms with van der Waals surface area (Å²) in [6.45, 7) is 1.94. The van der Waals surface area contributed by atoms with E-state index in [-0.39, 0.29) is 22.3 Å². The molecule has 18 heavy (non-hydrogen) atoms. The van der Waals surface area contributed by atoms with E-state index >= 15 is 0 Å². The SMILES string of the molecule is Cc1nc(Cl)c(C=O)c(NCCCS(N)(=O)=O)n1. The number of aldehydes is 1. The fourth-order valence-electron chi connectivity index (χ4n) is 1.27. The van der Waals surface area contributed by atoms with Gasteiger partial charge in [-0.2, -0.15) is 0 Å². The molecule has 1 aromatic heterocycles. The van der Waals surface area contributed by atoms with Crippen LogP contribution in [0, 0.1) is 6.92 Å². The molecule has 9 heteroatoms. The number of primary sulfonamides is 1. The molecule has 0 atom stereocenters. The molecule has 0 aliphatic carbocycles.